The number of aromatic nitrogens is 3. The topological polar surface area (TPSA) is 90.9 Å². The number of H-pyrrole nitrogens is 1. The second-order valence-corrected chi connectivity index (χ2v) is 7.05. The first-order chi connectivity index (χ1) is 12.6. The Morgan fingerprint density at radius 1 is 1.31 bits per heavy atom. The summed E-state index contributed by atoms with van der Waals surface area (Å²) in [7, 11) is 0. The highest BCUT2D eigenvalue weighted by atomic mass is 16.3. The molecule has 1 saturated carbocycles. The molecule has 26 heavy (non-hydrogen) atoms. The second-order valence-electron chi connectivity index (χ2n) is 7.05. The van der Waals surface area contributed by atoms with Gasteiger partial charge in [-0.3, -0.25) is 9.78 Å². The van der Waals surface area contributed by atoms with Crippen LogP contribution in [0, 0.1) is 12.8 Å². The minimum atomic E-state index is -0.255. The molecule has 1 aliphatic carbocycles. The van der Waals surface area contributed by atoms with Crippen LogP contribution in [-0.2, 0) is 6.42 Å². The van der Waals surface area contributed by atoms with Gasteiger partial charge in [0.05, 0.1) is 17.2 Å². The molecule has 3 N–H and O–H groups in total. The third kappa shape index (κ3) is 3.32. The number of carbonyl (C=O) groups is 1. The number of benzene rings is 1. The van der Waals surface area contributed by atoms with E-state index in [1.165, 1.54) is 0 Å². The Morgan fingerprint density at radius 2 is 2.08 bits per heavy atom. The molecule has 134 valence electrons. The molecule has 0 aliphatic heterocycles. The van der Waals surface area contributed by atoms with Gasteiger partial charge in [-0.25, -0.2) is 4.98 Å². The molecule has 0 bridgehead atoms. The van der Waals surface area contributed by atoms with Gasteiger partial charge < -0.3 is 15.4 Å². The number of aliphatic hydroxyl groups excluding tert-OH is 1. The summed E-state index contributed by atoms with van der Waals surface area (Å²) in [6, 6.07) is 9.49. The lowest BCUT2D eigenvalue weighted by Gasteiger charge is -2.38. The van der Waals surface area contributed by atoms with E-state index in [0.29, 0.717) is 11.1 Å². The van der Waals surface area contributed by atoms with Gasteiger partial charge in [0, 0.05) is 18.4 Å². The molecule has 6 nitrogen and oxygen atoms in total. The minimum absolute atomic E-state index is 0.0244. The Balaban J connectivity index is 1.57. The lowest BCUT2D eigenvalue weighted by Crippen LogP contribution is -2.48. The van der Waals surface area contributed by atoms with Crippen molar-refractivity contribution in [2.24, 2.45) is 5.92 Å². The Hall–Kier alpha value is -2.73. The largest absolute Gasteiger partial charge is 0.393 e. The zero-order chi connectivity index (χ0) is 18.1. The molecule has 1 atom stereocenters. The summed E-state index contributed by atoms with van der Waals surface area (Å²) >= 11 is 0. The van der Waals surface area contributed by atoms with Crippen LogP contribution in [0.4, 0.5) is 0 Å². The van der Waals surface area contributed by atoms with Crippen molar-refractivity contribution in [3.63, 3.8) is 0 Å². The molecule has 1 amide bonds. The Labute approximate surface area is 151 Å². The van der Waals surface area contributed by atoms with Crippen molar-refractivity contribution in [3.8, 4) is 0 Å². The average Bonchev–Trinajstić information content (AvgIpc) is 2.99. The maximum atomic E-state index is 13.0. The molecule has 0 radical (unpaired) electrons. The van der Waals surface area contributed by atoms with Gasteiger partial charge >= 0.3 is 0 Å². The number of aromatic amines is 1. The molecular weight excluding hydrogens is 328 g/mol. The number of rotatable bonds is 5. The van der Waals surface area contributed by atoms with Crippen molar-refractivity contribution in [2.75, 3.05) is 0 Å². The lowest BCUT2D eigenvalue weighted by atomic mass is 9.75. The number of aryl methyl sites for hydroxylation is 1. The summed E-state index contributed by atoms with van der Waals surface area (Å²) in [5.74, 6) is 0.945. The normalized spacial score (nSPS) is 20.5. The Bertz CT molecular complexity index is 916. The number of hydrogen-bond donors (Lipinski definition) is 3. The summed E-state index contributed by atoms with van der Waals surface area (Å²) in [5.41, 5.74) is 3.26. The van der Waals surface area contributed by atoms with Crippen LogP contribution in [0.1, 0.15) is 34.6 Å². The van der Waals surface area contributed by atoms with Crippen LogP contribution >= 0.6 is 0 Å². The highest BCUT2D eigenvalue weighted by Gasteiger charge is 2.35. The molecule has 2 aromatic heterocycles. The monoisotopic (exact) mass is 350 g/mol. The van der Waals surface area contributed by atoms with E-state index in [0.717, 1.165) is 36.2 Å². The summed E-state index contributed by atoms with van der Waals surface area (Å²) in [5, 5.41) is 12.9. The van der Waals surface area contributed by atoms with Gasteiger partial charge in [-0.15, -0.1) is 0 Å². The Kier molecular flexibility index (Phi) is 4.42. The Morgan fingerprint density at radius 3 is 2.81 bits per heavy atom. The van der Waals surface area contributed by atoms with E-state index in [-0.39, 0.29) is 24.0 Å². The van der Waals surface area contributed by atoms with Crippen molar-refractivity contribution in [1.29, 1.82) is 0 Å². The first kappa shape index (κ1) is 16.7. The highest BCUT2D eigenvalue weighted by Crippen LogP contribution is 2.32. The number of aliphatic hydroxyl groups is 1. The molecule has 1 fully saturated rings. The molecule has 0 saturated heterocycles. The number of fused-ring (bicyclic) bond motifs is 1. The summed E-state index contributed by atoms with van der Waals surface area (Å²) in [6.45, 7) is 1.88. The maximum Gasteiger partial charge on any atom is 0.253 e. The smallest absolute Gasteiger partial charge is 0.253 e. The number of carbonyl (C=O) groups excluding carboxylic acids is 1. The molecule has 6 heteroatoms. The van der Waals surface area contributed by atoms with Crippen molar-refractivity contribution in [1.82, 2.24) is 20.3 Å². The summed E-state index contributed by atoms with van der Waals surface area (Å²) in [4.78, 5) is 24.6. The highest BCUT2D eigenvalue weighted by molar-refractivity contribution is 6.05. The fourth-order valence-electron chi connectivity index (χ4n) is 3.65. The molecule has 0 spiro atoms. The van der Waals surface area contributed by atoms with Crippen LogP contribution in [-0.4, -0.2) is 38.1 Å². The predicted octanol–water partition coefficient (Wildman–Crippen LogP) is 2.38. The lowest BCUT2D eigenvalue weighted by molar-refractivity contribution is 0.0239. The maximum absolute atomic E-state index is 13.0. The van der Waals surface area contributed by atoms with Gasteiger partial charge in [-0.1, -0.05) is 6.07 Å². The molecular formula is C20H22N4O2. The number of pyridine rings is 1. The zero-order valence-corrected chi connectivity index (χ0v) is 14.6. The van der Waals surface area contributed by atoms with Crippen molar-refractivity contribution in [2.45, 2.75) is 38.3 Å². The van der Waals surface area contributed by atoms with Crippen molar-refractivity contribution in [3.05, 3.63) is 59.7 Å². The second kappa shape index (κ2) is 6.88. The minimum Gasteiger partial charge on any atom is -0.393 e. The summed E-state index contributed by atoms with van der Waals surface area (Å²) in [6.07, 6.45) is 5.44. The molecule has 2 heterocycles. The van der Waals surface area contributed by atoms with Gasteiger partial charge in [-0.2, -0.15) is 0 Å². The van der Waals surface area contributed by atoms with Crippen LogP contribution in [0.2, 0.25) is 0 Å². The van der Waals surface area contributed by atoms with Crippen LogP contribution in [0.3, 0.4) is 0 Å². The quantitative estimate of drug-likeness (QED) is 0.659. The number of imidazole rings is 1. The predicted molar refractivity (Wildman–Crippen MR) is 98.8 cm³/mol. The average molecular weight is 350 g/mol. The number of nitrogens with one attached hydrogen (secondary N) is 2. The third-order valence-corrected chi connectivity index (χ3v) is 5.12. The fourth-order valence-corrected chi connectivity index (χ4v) is 3.65. The van der Waals surface area contributed by atoms with E-state index in [9.17, 15) is 9.90 Å². The van der Waals surface area contributed by atoms with Gasteiger partial charge in [0.2, 0.25) is 0 Å². The van der Waals surface area contributed by atoms with Crippen LogP contribution < -0.4 is 5.32 Å². The number of para-hydroxylation sites is 1. The number of amides is 1. The molecule has 3 aromatic rings. The molecule has 4 rings (SSSR count). The van der Waals surface area contributed by atoms with Gasteiger partial charge in [0.25, 0.3) is 5.91 Å². The summed E-state index contributed by atoms with van der Waals surface area (Å²) < 4.78 is 0. The van der Waals surface area contributed by atoms with Crippen LogP contribution in [0.15, 0.2) is 42.7 Å². The third-order valence-electron chi connectivity index (χ3n) is 5.12. The van der Waals surface area contributed by atoms with Gasteiger partial charge in [0.1, 0.15) is 11.3 Å². The SMILES string of the molecule is Cc1nc2c(C(=O)N[C@@H](Cc3ccncc3)C3CC(O)C3)cccc2[nH]1. The van der Waals surface area contributed by atoms with Crippen molar-refractivity contribution < 1.29 is 9.90 Å². The van der Waals surface area contributed by atoms with Gasteiger partial charge in [-0.05, 0) is 61.9 Å². The first-order valence-electron chi connectivity index (χ1n) is 8.93. The van der Waals surface area contributed by atoms with Gasteiger partial charge in [0.15, 0.2) is 0 Å². The number of nitrogens with zero attached hydrogens (tertiary/aromatic N) is 2. The van der Waals surface area contributed by atoms with E-state index in [4.69, 9.17) is 0 Å². The van der Waals surface area contributed by atoms with E-state index >= 15 is 0 Å². The van der Waals surface area contributed by atoms with Crippen LogP contribution in [0.5, 0.6) is 0 Å². The molecule has 0 unspecified atom stereocenters. The number of hydrogen-bond acceptors (Lipinski definition) is 4. The van der Waals surface area contributed by atoms with E-state index in [2.05, 4.69) is 20.3 Å². The molecule has 1 aliphatic rings. The zero-order valence-electron chi connectivity index (χ0n) is 14.6. The van der Waals surface area contributed by atoms with E-state index < -0.39 is 0 Å². The van der Waals surface area contributed by atoms with Crippen molar-refractivity contribution >= 4 is 16.9 Å². The van der Waals surface area contributed by atoms with E-state index in [1.807, 2.05) is 31.2 Å². The molecule has 1 aromatic carbocycles. The standard InChI is InChI=1S/C20H22N4O2/c1-12-22-17-4-2-3-16(19(17)23-12)20(26)24-18(14-10-15(25)11-14)9-13-5-7-21-8-6-13/h2-8,14-15,18,25H,9-11H2,1H3,(H,22,23)(H,24,26)/t14?,15?,18-/m0/s1. The van der Waals surface area contributed by atoms with Crippen LogP contribution in [0.25, 0.3) is 11.0 Å². The van der Waals surface area contributed by atoms with E-state index in [1.54, 1.807) is 18.5 Å². The fraction of sp³-hybridized carbons (Fsp3) is 0.350. The first-order valence-corrected chi connectivity index (χ1v) is 8.93.